The fourth-order valence-electron chi connectivity index (χ4n) is 2.40. The van der Waals surface area contributed by atoms with Crippen LogP contribution >= 0.6 is 11.6 Å². The van der Waals surface area contributed by atoms with Crippen LogP contribution in [0.1, 0.15) is 38.1 Å². The molecular formula is C18H28ClN3O2. The number of hydrogen-bond donors (Lipinski definition) is 2. The van der Waals surface area contributed by atoms with E-state index < -0.39 is 6.04 Å². The van der Waals surface area contributed by atoms with E-state index in [1.807, 2.05) is 27.7 Å². The molecule has 0 aliphatic heterocycles. The third-order valence-electron chi connectivity index (χ3n) is 3.93. The van der Waals surface area contributed by atoms with Crippen LogP contribution in [0.5, 0.6) is 0 Å². The van der Waals surface area contributed by atoms with E-state index in [2.05, 4.69) is 5.32 Å². The van der Waals surface area contributed by atoms with E-state index in [1.54, 1.807) is 36.2 Å². The Balaban J connectivity index is 2.89. The van der Waals surface area contributed by atoms with Crippen molar-refractivity contribution in [1.29, 1.82) is 0 Å². The number of carbonyl (C=O) groups excluding carboxylic acids is 2. The largest absolute Gasteiger partial charge is 0.343 e. The van der Waals surface area contributed by atoms with Crippen LogP contribution < -0.4 is 11.1 Å². The van der Waals surface area contributed by atoms with E-state index in [-0.39, 0.29) is 23.1 Å². The minimum absolute atomic E-state index is 0.0487. The predicted octanol–water partition coefficient (Wildman–Crippen LogP) is 2.54. The number of likely N-dealkylation sites (N-methyl/N-ethyl adjacent to an activating group) is 1. The molecule has 1 rings (SSSR count). The number of benzene rings is 1. The first-order valence-corrected chi connectivity index (χ1v) is 8.47. The van der Waals surface area contributed by atoms with Crippen molar-refractivity contribution in [3.8, 4) is 0 Å². The molecule has 0 spiro atoms. The highest BCUT2D eigenvalue weighted by molar-refractivity contribution is 6.33. The highest BCUT2D eigenvalue weighted by Crippen LogP contribution is 2.18. The van der Waals surface area contributed by atoms with E-state index >= 15 is 0 Å². The Hall–Kier alpha value is -1.59. The van der Waals surface area contributed by atoms with Crippen molar-refractivity contribution in [2.24, 2.45) is 17.1 Å². The number of rotatable bonds is 7. The van der Waals surface area contributed by atoms with Gasteiger partial charge in [0.15, 0.2) is 0 Å². The van der Waals surface area contributed by atoms with Crippen LogP contribution in [-0.2, 0) is 4.79 Å². The molecule has 6 heteroatoms. The molecule has 1 unspecified atom stereocenters. The molecule has 3 N–H and O–H groups in total. The second kappa shape index (κ2) is 8.49. The SMILES string of the molecule is CC(C)C(NC(=O)c1ccccc1Cl)C(=O)N(C)CC(C)(C)CN. The Bertz CT molecular complexity index is 587. The molecule has 0 saturated heterocycles. The van der Waals surface area contributed by atoms with Gasteiger partial charge in [0.05, 0.1) is 10.6 Å². The average molecular weight is 354 g/mol. The van der Waals surface area contributed by atoms with Gasteiger partial charge in [0.25, 0.3) is 5.91 Å². The fraction of sp³-hybridized carbons (Fsp3) is 0.556. The molecule has 2 amide bonds. The maximum absolute atomic E-state index is 12.8. The van der Waals surface area contributed by atoms with Crippen LogP contribution in [0, 0.1) is 11.3 Å². The quantitative estimate of drug-likeness (QED) is 0.791. The topological polar surface area (TPSA) is 75.4 Å². The maximum Gasteiger partial charge on any atom is 0.253 e. The van der Waals surface area contributed by atoms with Crippen molar-refractivity contribution in [2.45, 2.75) is 33.7 Å². The second-order valence-corrected chi connectivity index (χ2v) is 7.64. The maximum atomic E-state index is 12.8. The number of halogens is 1. The van der Waals surface area contributed by atoms with Gasteiger partial charge in [-0.2, -0.15) is 0 Å². The highest BCUT2D eigenvalue weighted by Gasteiger charge is 2.30. The summed E-state index contributed by atoms with van der Waals surface area (Å²) in [7, 11) is 1.73. The van der Waals surface area contributed by atoms with Gasteiger partial charge in [-0.1, -0.05) is 51.4 Å². The van der Waals surface area contributed by atoms with E-state index in [4.69, 9.17) is 17.3 Å². The summed E-state index contributed by atoms with van der Waals surface area (Å²) < 4.78 is 0. The molecule has 0 fully saturated rings. The lowest BCUT2D eigenvalue weighted by molar-refractivity contribution is -0.134. The van der Waals surface area contributed by atoms with Crippen LogP contribution in [0.3, 0.4) is 0 Å². The van der Waals surface area contributed by atoms with Crippen LogP contribution in [0.25, 0.3) is 0 Å². The molecule has 134 valence electrons. The number of hydrogen-bond acceptors (Lipinski definition) is 3. The first-order valence-electron chi connectivity index (χ1n) is 8.09. The lowest BCUT2D eigenvalue weighted by Crippen LogP contribution is -2.52. The smallest absolute Gasteiger partial charge is 0.253 e. The standard InChI is InChI=1S/C18H28ClN3O2/c1-12(2)15(17(24)22(5)11-18(3,4)10-20)21-16(23)13-8-6-7-9-14(13)19/h6-9,12,15H,10-11,20H2,1-5H3,(H,21,23). The van der Waals surface area contributed by atoms with E-state index in [0.29, 0.717) is 23.7 Å². The summed E-state index contributed by atoms with van der Waals surface area (Å²) in [5.41, 5.74) is 5.92. The average Bonchev–Trinajstić information content (AvgIpc) is 2.51. The van der Waals surface area contributed by atoms with Gasteiger partial charge in [0, 0.05) is 13.6 Å². The molecule has 0 bridgehead atoms. The van der Waals surface area contributed by atoms with Gasteiger partial charge in [-0.15, -0.1) is 0 Å². The number of nitrogens with two attached hydrogens (primary N) is 1. The zero-order valence-corrected chi connectivity index (χ0v) is 15.9. The number of nitrogens with zero attached hydrogens (tertiary/aromatic N) is 1. The molecule has 0 aromatic heterocycles. The molecule has 0 saturated carbocycles. The molecule has 0 radical (unpaired) electrons. The molecule has 5 nitrogen and oxygen atoms in total. The van der Waals surface area contributed by atoms with Gasteiger partial charge in [0.2, 0.25) is 5.91 Å². The summed E-state index contributed by atoms with van der Waals surface area (Å²) in [6.07, 6.45) is 0. The molecule has 1 atom stereocenters. The molecule has 0 heterocycles. The van der Waals surface area contributed by atoms with Crippen molar-refractivity contribution in [1.82, 2.24) is 10.2 Å². The summed E-state index contributed by atoms with van der Waals surface area (Å²) in [5.74, 6) is -0.529. The molecular weight excluding hydrogens is 326 g/mol. The zero-order valence-electron chi connectivity index (χ0n) is 15.1. The number of amides is 2. The Morgan fingerprint density at radius 1 is 1.29 bits per heavy atom. The van der Waals surface area contributed by atoms with Gasteiger partial charge in [-0.3, -0.25) is 9.59 Å². The van der Waals surface area contributed by atoms with Crippen molar-refractivity contribution < 1.29 is 9.59 Å². The Kier molecular flexibility index (Phi) is 7.24. The van der Waals surface area contributed by atoms with Gasteiger partial charge < -0.3 is 16.0 Å². The number of nitrogens with one attached hydrogen (secondary N) is 1. The molecule has 24 heavy (non-hydrogen) atoms. The van der Waals surface area contributed by atoms with Crippen molar-refractivity contribution in [3.63, 3.8) is 0 Å². The zero-order chi connectivity index (χ0) is 18.5. The molecule has 1 aromatic carbocycles. The van der Waals surface area contributed by atoms with Gasteiger partial charge >= 0.3 is 0 Å². The lowest BCUT2D eigenvalue weighted by Gasteiger charge is -2.32. The molecule has 0 aliphatic carbocycles. The van der Waals surface area contributed by atoms with Gasteiger partial charge in [-0.25, -0.2) is 0 Å². The van der Waals surface area contributed by atoms with Crippen molar-refractivity contribution in [2.75, 3.05) is 20.1 Å². The summed E-state index contributed by atoms with van der Waals surface area (Å²) in [4.78, 5) is 26.9. The normalized spacial score (nSPS) is 12.8. The number of carbonyl (C=O) groups is 2. The van der Waals surface area contributed by atoms with E-state index in [0.717, 1.165) is 0 Å². The van der Waals surface area contributed by atoms with Gasteiger partial charge in [0.1, 0.15) is 6.04 Å². The third-order valence-corrected chi connectivity index (χ3v) is 4.26. The predicted molar refractivity (Wildman–Crippen MR) is 98.0 cm³/mol. The summed E-state index contributed by atoms with van der Waals surface area (Å²) in [5, 5.41) is 3.18. The third kappa shape index (κ3) is 5.49. The van der Waals surface area contributed by atoms with E-state index in [1.165, 1.54) is 0 Å². The van der Waals surface area contributed by atoms with Crippen LogP contribution in [-0.4, -0.2) is 42.9 Å². The summed E-state index contributed by atoms with van der Waals surface area (Å²) in [6.45, 7) is 8.80. The van der Waals surface area contributed by atoms with Crippen LogP contribution in [0.2, 0.25) is 5.02 Å². The Labute approximate surface area is 149 Å². The fourth-order valence-corrected chi connectivity index (χ4v) is 2.62. The first kappa shape index (κ1) is 20.5. The summed E-state index contributed by atoms with van der Waals surface area (Å²) >= 11 is 6.06. The second-order valence-electron chi connectivity index (χ2n) is 7.24. The highest BCUT2D eigenvalue weighted by atomic mass is 35.5. The minimum Gasteiger partial charge on any atom is -0.343 e. The monoisotopic (exact) mass is 353 g/mol. The van der Waals surface area contributed by atoms with Crippen LogP contribution in [0.4, 0.5) is 0 Å². The van der Waals surface area contributed by atoms with Crippen molar-refractivity contribution in [3.05, 3.63) is 34.9 Å². The Morgan fingerprint density at radius 2 is 1.88 bits per heavy atom. The minimum atomic E-state index is -0.618. The summed E-state index contributed by atoms with van der Waals surface area (Å²) in [6, 6.07) is 6.17. The Morgan fingerprint density at radius 3 is 2.38 bits per heavy atom. The van der Waals surface area contributed by atoms with E-state index in [9.17, 15) is 9.59 Å². The molecule has 1 aromatic rings. The molecule has 0 aliphatic rings. The van der Waals surface area contributed by atoms with Crippen LogP contribution in [0.15, 0.2) is 24.3 Å². The van der Waals surface area contributed by atoms with Gasteiger partial charge in [-0.05, 0) is 30.0 Å². The first-order chi connectivity index (χ1) is 11.1. The van der Waals surface area contributed by atoms with Crippen molar-refractivity contribution >= 4 is 23.4 Å². The lowest BCUT2D eigenvalue weighted by atomic mass is 9.92.